The first-order chi connectivity index (χ1) is 13.5. The van der Waals surface area contributed by atoms with E-state index in [1.807, 2.05) is 43.3 Å². The molecule has 1 atom stereocenters. The molecule has 0 radical (unpaired) electrons. The highest BCUT2D eigenvalue weighted by Gasteiger charge is 2.16. The lowest BCUT2D eigenvalue weighted by Crippen LogP contribution is -2.15. The number of rotatable bonds is 5. The van der Waals surface area contributed by atoms with Gasteiger partial charge >= 0.3 is 0 Å². The zero-order chi connectivity index (χ0) is 19.7. The molecule has 0 saturated heterocycles. The van der Waals surface area contributed by atoms with Crippen LogP contribution in [0, 0.1) is 6.92 Å². The molecule has 4 aromatic rings. The van der Waals surface area contributed by atoms with Gasteiger partial charge in [-0.3, -0.25) is 4.79 Å². The number of nitrogens with two attached hydrogens (primary N) is 1. The lowest BCUT2D eigenvalue weighted by molar-refractivity contribution is 0.1000. The van der Waals surface area contributed by atoms with Gasteiger partial charge in [0, 0.05) is 23.7 Å². The van der Waals surface area contributed by atoms with Crippen molar-refractivity contribution in [2.24, 2.45) is 5.73 Å². The van der Waals surface area contributed by atoms with Crippen molar-refractivity contribution in [2.45, 2.75) is 19.9 Å². The van der Waals surface area contributed by atoms with Gasteiger partial charge in [0.1, 0.15) is 5.82 Å². The van der Waals surface area contributed by atoms with E-state index < -0.39 is 5.91 Å². The molecule has 0 bridgehead atoms. The molecule has 0 fully saturated rings. The Kier molecular flexibility index (Phi) is 4.53. The molecule has 0 unspecified atom stereocenters. The molecule has 0 spiro atoms. The largest absolute Gasteiger partial charge is 0.366 e. The predicted octanol–water partition coefficient (Wildman–Crippen LogP) is 4.00. The molecule has 6 nitrogen and oxygen atoms in total. The minimum Gasteiger partial charge on any atom is -0.366 e. The molecule has 0 aliphatic carbocycles. The van der Waals surface area contributed by atoms with Gasteiger partial charge in [0.15, 0.2) is 0 Å². The van der Waals surface area contributed by atoms with Crippen LogP contribution in [-0.4, -0.2) is 20.7 Å². The van der Waals surface area contributed by atoms with Gasteiger partial charge in [0.25, 0.3) is 5.91 Å². The van der Waals surface area contributed by atoms with E-state index in [1.54, 1.807) is 23.0 Å². The van der Waals surface area contributed by atoms with E-state index in [9.17, 15) is 4.79 Å². The van der Waals surface area contributed by atoms with Crippen molar-refractivity contribution < 1.29 is 4.79 Å². The Labute approximate surface area is 163 Å². The highest BCUT2D eigenvalue weighted by Crippen LogP contribution is 2.26. The van der Waals surface area contributed by atoms with Gasteiger partial charge in [0.2, 0.25) is 0 Å². The molecule has 2 heterocycles. The normalized spacial score (nSPS) is 12.1. The summed E-state index contributed by atoms with van der Waals surface area (Å²) in [4.78, 5) is 16.4. The van der Waals surface area contributed by atoms with Crippen molar-refractivity contribution >= 4 is 22.6 Å². The van der Waals surface area contributed by atoms with Crippen molar-refractivity contribution in [2.75, 3.05) is 5.32 Å². The van der Waals surface area contributed by atoms with E-state index in [4.69, 9.17) is 5.73 Å². The summed E-state index contributed by atoms with van der Waals surface area (Å²) >= 11 is 0. The molecule has 0 aliphatic rings. The van der Waals surface area contributed by atoms with Crippen LogP contribution in [0.1, 0.15) is 34.6 Å². The molecule has 6 heteroatoms. The third-order valence-electron chi connectivity index (χ3n) is 4.81. The van der Waals surface area contributed by atoms with E-state index >= 15 is 0 Å². The summed E-state index contributed by atoms with van der Waals surface area (Å²) in [5, 5.41) is 8.98. The van der Waals surface area contributed by atoms with Crippen molar-refractivity contribution in [1.82, 2.24) is 14.8 Å². The molecule has 0 aliphatic heterocycles. The highest BCUT2D eigenvalue weighted by atomic mass is 16.1. The number of carbonyl (C=O) groups is 1. The molecule has 140 valence electrons. The number of nitrogens with one attached hydrogen (secondary N) is 1. The van der Waals surface area contributed by atoms with Gasteiger partial charge in [-0.1, -0.05) is 42.5 Å². The number of primary amides is 1. The van der Waals surface area contributed by atoms with E-state index in [1.165, 1.54) is 5.56 Å². The van der Waals surface area contributed by atoms with Gasteiger partial charge in [-0.15, -0.1) is 0 Å². The van der Waals surface area contributed by atoms with E-state index in [-0.39, 0.29) is 6.04 Å². The molecule has 3 N–H and O–H groups in total. The minimum absolute atomic E-state index is 0.0986. The van der Waals surface area contributed by atoms with Crippen LogP contribution < -0.4 is 11.1 Å². The van der Waals surface area contributed by atoms with Gasteiger partial charge in [-0.2, -0.15) is 5.10 Å². The summed E-state index contributed by atoms with van der Waals surface area (Å²) in [7, 11) is 0. The zero-order valence-corrected chi connectivity index (χ0v) is 15.8. The van der Waals surface area contributed by atoms with Crippen LogP contribution in [0.4, 0.5) is 5.82 Å². The molecule has 2 aromatic heterocycles. The fourth-order valence-electron chi connectivity index (χ4n) is 3.33. The number of para-hydroxylation sites is 1. The Balaban J connectivity index is 1.78. The maximum Gasteiger partial charge on any atom is 0.250 e. The summed E-state index contributed by atoms with van der Waals surface area (Å²) in [6.45, 7) is 4.01. The van der Waals surface area contributed by atoms with Crippen molar-refractivity contribution in [1.29, 1.82) is 0 Å². The van der Waals surface area contributed by atoms with Crippen LogP contribution in [0.15, 0.2) is 66.9 Å². The van der Waals surface area contributed by atoms with Crippen LogP contribution in [0.5, 0.6) is 0 Å². The van der Waals surface area contributed by atoms with Crippen LogP contribution in [-0.2, 0) is 0 Å². The quantitative estimate of drug-likeness (QED) is 0.555. The Morgan fingerprint density at radius 1 is 1.11 bits per heavy atom. The first-order valence-electron chi connectivity index (χ1n) is 9.10. The van der Waals surface area contributed by atoms with Gasteiger partial charge < -0.3 is 11.1 Å². The number of fused-ring (bicyclic) bond motifs is 1. The van der Waals surface area contributed by atoms with Crippen molar-refractivity contribution in [3.63, 3.8) is 0 Å². The lowest BCUT2D eigenvalue weighted by Gasteiger charge is -2.15. The Morgan fingerprint density at radius 3 is 2.57 bits per heavy atom. The summed E-state index contributed by atoms with van der Waals surface area (Å²) in [5.41, 5.74) is 9.52. The van der Waals surface area contributed by atoms with Crippen LogP contribution in [0.25, 0.3) is 16.6 Å². The number of aryl methyl sites for hydroxylation is 1. The zero-order valence-electron chi connectivity index (χ0n) is 15.8. The average Bonchev–Trinajstić information content (AvgIpc) is 3.04. The number of hydrogen-bond acceptors (Lipinski definition) is 4. The maximum atomic E-state index is 11.9. The van der Waals surface area contributed by atoms with E-state index in [0.29, 0.717) is 11.3 Å². The molecule has 28 heavy (non-hydrogen) atoms. The second kappa shape index (κ2) is 7.15. The summed E-state index contributed by atoms with van der Waals surface area (Å²) < 4.78 is 1.75. The monoisotopic (exact) mass is 371 g/mol. The molecule has 0 saturated carbocycles. The molecule has 2 aromatic carbocycles. The number of anilines is 1. The lowest BCUT2D eigenvalue weighted by atomic mass is 10.1. The Hall–Kier alpha value is -3.67. The Morgan fingerprint density at radius 2 is 1.82 bits per heavy atom. The third-order valence-corrected chi connectivity index (χ3v) is 4.81. The number of benzene rings is 2. The number of hydrogen-bond donors (Lipinski definition) is 2. The first kappa shape index (κ1) is 17.7. The average molecular weight is 371 g/mol. The van der Waals surface area contributed by atoms with Crippen molar-refractivity contribution in [3.05, 3.63) is 83.7 Å². The fraction of sp³-hybridized carbons (Fsp3) is 0.136. The minimum atomic E-state index is -0.484. The van der Waals surface area contributed by atoms with E-state index in [0.717, 1.165) is 22.4 Å². The summed E-state index contributed by atoms with van der Waals surface area (Å²) in [6.07, 6.45) is 1.81. The van der Waals surface area contributed by atoms with E-state index in [2.05, 4.69) is 34.5 Å². The second-order valence-electron chi connectivity index (χ2n) is 6.74. The third kappa shape index (κ3) is 3.20. The molecular weight excluding hydrogens is 350 g/mol. The van der Waals surface area contributed by atoms with Crippen LogP contribution in [0.2, 0.25) is 0 Å². The van der Waals surface area contributed by atoms with Gasteiger partial charge in [0.05, 0.1) is 22.5 Å². The number of carbonyl (C=O) groups excluding carboxylic acids is 1. The standard InChI is InChI=1S/C22H21N5O/c1-14(16-8-4-3-5-9-16)25-21-12-20-18(13-24-21)15(2)26-27(20)19-11-7-6-10-17(19)22(23)28/h3-14H,1-2H3,(H2,23,28)(H,24,25)/t14-/m0/s1. The Bertz CT molecular complexity index is 1150. The number of aromatic nitrogens is 3. The maximum absolute atomic E-state index is 11.9. The number of nitrogens with zero attached hydrogens (tertiary/aromatic N) is 3. The molecule has 1 amide bonds. The summed E-state index contributed by atoms with van der Waals surface area (Å²) in [6, 6.07) is 19.4. The van der Waals surface area contributed by atoms with Gasteiger partial charge in [-0.25, -0.2) is 9.67 Å². The molecular formula is C22H21N5O. The van der Waals surface area contributed by atoms with Crippen LogP contribution in [0.3, 0.4) is 0 Å². The number of amides is 1. The molecule has 4 rings (SSSR count). The summed E-state index contributed by atoms with van der Waals surface area (Å²) in [5.74, 6) is 0.253. The van der Waals surface area contributed by atoms with Crippen molar-refractivity contribution in [3.8, 4) is 5.69 Å². The second-order valence-corrected chi connectivity index (χ2v) is 6.74. The number of pyridine rings is 1. The SMILES string of the molecule is Cc1nn(-c2ccccc2C(N)=O)c2cc(N[C@@H](C)c3ccccc3)ncc12. The van der Waals surface area contributed by atoms with Gasteiger partial charge in [-0.05, 0) is 31.5 Å². The predicted molar refractivity (Wildman–Crippen MR) is 111 cm³/mol. The smallest absolute Gasteiger partial charge is 0.250 e. The van der Waals surface area contributed by atoms with Crippen LogP contribution >= 0.6 is 0 Å². The highest BCUT2D eigenvalue weighted by molar-refractivity contribution is 5.97. The fourth-order valence-corrected chi connectivity index (χ4v) is 3.33. The first-order valence-corrected chi connectivity index (χ1v) is 9.10. The topological polar surface area (TPSA) is 85.8 Å².